The first-order valence-corrected chi connectivity index (χ1v) is 7.39. The number of hydrogen-bond donors (Lipinski definition) is 1. The fourth-order valence-electron chi connectivity index (χ4n) is 2.32. The lowest BCUT2D eigenvalue weighted by atomic mass is 10.1. The second-order valence-corrected chi connectivity index (χ2v) is 5.96. The molecule has 0 amide bonds. The lowest BCUT2D eigenvalue weighted by Crippen LogP contribution is -2.35. The lowest BCUT2D eigenvalue weighted by Gasteiger charge is -2.08. The summed E-state index contributed by atoms with van der Waals surface area (Å²) in [5.41, 5.74) is 1.40. The van der Waals surface area contributed by atoms with Crippen LogP contribution >= 0.6 is 23.2 Å². The zero-order valence-electron chi connectivity index (χ0n) is 11.7. The molecule has 0 fully saturated rings. The number of hydrogen-bond acceptors (Lipinski definition) is 2. The van der Waals surface area contributed by atoms with Crippen LogP contribution in [0.4, 0.5) is 0 Å². The molecule has 0 saturated carbocycles. The fraction of sp³-hybridized carbons (Fsp3) is 0.125. The Kier molecular flexibility index (Phi) is 3.81. The molecule has 0 bridgehead atoms. The maximum absolute atomic E-state index is 12.6. The molecular weight excluding hydrogens is 323 g/mol. The number of aryl methyl sites for hydroxylation is 1. The summed E-state index contributed by atoms with van der Waals surface area (Å²) in [7, 11) is 0. The summed E-state index contributed by atoms with van der Waals surface area (Å²) in [5.74, 6) is 0. The number of nitrogens with one attached hydrogen (secondary N) is 1. The quantitative estimate of drug-likeness (QED) is 0.781. The number of nitrogens with zero attached hydrogens (tertiary/aromatic N) is 1. The summed E-state index contributed by atoms with van der Waals surface area (Å²) >= 11 is 12.0. The minimum absolute atomic E-state index is 0.184. The Bertz CT molecular complexity index is 972. The van der Waals surface area contributed by atoms with Gasteiger partial charge < -0.3 is 4.98 Å². The van der Waals surface area contributed by atoms with Gasteiger partial charge in [0, 0.05) is 5.02 Å². The van der Waals surface area contributed by atoms with E-state index >= 15 is 0 Å². The summed E-state index contributed by atoms with van der Waals surface area (Å²) in [6.07, 6.45) is 0. The molecule has 0 atom stereocenters. The highest BCUT2D eigenvalue weighted by atomic mass is 35.5. The van der Waals surface area contributed by atoms with Crippen LogP contribution in [-0.2, 0) is 6.54 Å². The highest BCUT2D eigenvalue weighted by Crippen LogP contribution is 2.23. The van der Waals surface area contributed by atoms with Gasteiger partial charge in [0.05, 0.1) is 22.5 Å². The van der Waals surface area contributed by atoms with Gasteiger partial charge in [-0.3, -0.25) is 9.36 Å². The van der Waals surface area contributed by atoms with Crippen LogP contribution in [0, 0.1) is 6.92 Å². The van der Waals surface area contributed by atoms with Crippen molar-refractivity contribution in [3.05, 3.63) is 78.4 Å². The largest absolute Gasteiger partial charge is 0.329 e. The van der Waals surface area contributed by atoms with E-state index in [1.807, 2.05) is 31.2 Å². The minimum Gasteiger partial charge on any atom is -0.307 e. The second kappa shape index (κ2) is 5.63. The van der Waals surface area contributed by atoms with Crippen molar-refractivity contribution in [2.24, 2.45) is 0 Å². The Morgan fingerprint density at radius 1 is 1.09 bits per heavy atom. The van der Waals surface area contributed by atoms with E-state index in [-0.39, 0.29) is 17.0 Å². The maximum atomic E-state index is 12.6. The maximum Gasteiger partial charge on any atom is 0.329 e. The molecule has 3 rings (SSSR count). The summed E-state index contributed by atoms with van der Waals surface area (Å²) in [4.78, 5) is 27.4. The minimum atomic E-state index is -0.489. The van der Waals surface area contributed by atoms with Crippen LogP contribution in [0.5, 0.6) is 0 Å². The van der Waals surface area contributed by atoms with Crippen molar-refractivity contribution in [3.63, 3.8) is 0 Å². The fourth-order valence-corrected chi connectivity index (χ4v) is 2.89. The molecule has 22 heavy (non-hydrogen) atoms. The Balaban J connectivity index is 2.20. The van der Waals surface area contributed by atoms with E-state index in [2.05, 4.69) is 4.98 Å². The molecule has 1 aromatic heterocycles. The van der Waals surface area contributed by atoms with Gasteiger partial charge in [0.2, 0.25) is 0 Å². The topological polar surface area (TPSA) is 54.9 Å². The van der Waals surface area contributed by atoms with E-state index < -0.39 is 11.2 Å². The van der Waals surface area contributed by atoms with Crippen LogP contribution in [0.2, 0.25) is 10.0 Å². The van der Waals surface area contributed by atoms with Crippen LogP contribution in [0.25, 0.3) is 10.9 Å². The first kappa shape index (κ1) is 14.9. The van der Waals surface area contributed by atoms with Gasteiger partial charge in [0.1, 0.15) is 0 Å². The van der Waals surface area contributed by atoms with Crippen molar-refractivity contribution in [2.45, 2.75) is 13.5 Å². The predicted octanol–water partition coefficient (Wildman–Crippen LogP) is 3.35. The van der Waals surface area contributed by atoms with Crippen LogP contribution < -0.4 is 11.2 Å². The Hall–Kier alpha value is -2.04. The molecule has 0 radical (unpaired) electrons. The van der Waals surface area contributed by atoms with E-state index in [4.69, 9.17) is 23.2 Å². The van der Waals surface area contributed by atoms with Crippen molar-refractivity contribution >= 4 is 34.1 Å². The standard InChI is InChI=1S/C16H12Cl2N2O2/c1-9-2-4-10(5-3-9)8-20-15(21)14-12(18)6-11(17)7-13(14)19-16(20)22/h2-7H,8H2,1H3,(H,19,22). The third kappa shape index (κ3) is 2.67. The number of benzene rings is 2. The molecule has 6 heteroatoms. The van der Waals surface area contributed by atoms with Gasteiger partial charge in [-0.05, 0) is 24.6 Å². The van der Waals surface area contributed by atoms with Crippen LogP contribution in [-0.4, -0.2) is 9.55 Å². The van der Waals surface area contributed by atoms with E-state index in [1.165, 1.54) is 12.1 Å². The summed E-state index contributed by atoms with van der Waals surface area (Å²) in [6.45, 7) is 2.16. The number of halogens is 2. The van der Waals surface area contributed by atoms with E-state index in [0.717, 1.165) is 15.7 Å². The van der Waals surface area contributed by atoms with E-state index in [0.29, 0.717) is 10.5 Å². The highest BCUT2D eigenvalue weighted by molar-refractivity contribution is 6.38. The molecule has 2 aromatic carbocycles. The first-order valence-electron chi connectivity index (χ1n) is 6.63. The number of aromatic amines is 1. The summed E-state index contributed by atoms with van der Waals surface area (Å²) in [6, 6.07) is 10.6. The van der Waals surface area contributed by atoms with Crippen LogP contribution in [0.3, 0.4) is 0 Å². The van der Waals surface area contributed by atoms with Crippen LogP contribution in [0.15, 0.2) is 46.0 Å². The van der Waals surface area contributed by atoms with Gasteiger partial charge in [-0.2, -0.15) is 0 Å². The number of H-pyrrole nitrogens is 1. The number of rotatable bonds is 2. The average Bonchev–Trinajstić information content (AvgIpc) is 2.44. The monoisotopic (exact) mass is 334 g/mol. The molecule has 0 aliphatic rings. The number of fused-ring (bicyclic) bond motifs is 1. The zero-order chi connectivity index (χ0) is 15.9. The molecule has 0 aliphatic carbocycles. The van der Waals surface area contributed by atoms with Gasteiger partial charge >= 0.3 is 5.69 Å². The molecule has 1 N–H and O–H groups in total. The molecule has 0 unspecified atom stereocenters. The molecular formula is C16H12Cl2N2O2. The number of aromatic nitrogens is 2. The SMILES string of the molecule is Cc1ccc(Cn2c(=O)[nH]c3cc(Cl)cc(Cl)c3c2=O)cc1. The van der Waals surface area contributed by atoms with Crippen molar-refractivity contribution in [1.29, 1.82) is 0 Å². The normalized spacial score (nSPS) is 11.0. The van der Waals surface area contributed by atoms with Gasteiger partial charge in [-0.25, -0.2) is 4.79 Å². The summed E-state index contributed by atoms with van der Waals surface area (Å²) in [5, 5.41) is 0.850. The van der Waals surface area contributed by atoms with Crippen molar-refractivity contribution in [1.82, 2.24) is 9.55 Å². The molecule has 0 aliphatic heterocycles. The van der Waals surface area contributed by atoms with Crippen molar-refractivity contribution in [2.75, 3.05) is 0 Å². The Labute approximate surface area is 135 Å². The van der Waals surface area contributed by atoms with Gasteiger partial charge in [-0.15, -0.1) is 0 Å². The molecule has 0 spiro atoms. The van der Waals surface area contributed by atoms with Gasteiger partial charge in [0.15, 0.2) is 0 Å². The molecule has 4 nitrogen and oxygen atoms in total. The van der Waals surface area contributed by atoms with Crippen molar-refractivity contribution in [3.8, 4) is 0 Å². The Morgan fingerprint density at radius 2 is 1.77 bits per heavy atom. The van der Waals surface area contributed by atoms with Gasteiger partial charge in [0.25, 0.3) is 5.56 Å². The molecule has 112 valence electrons. The zero-order valence-corrected chi connectivity index (χ0v) is 13.2. The molecule has 3 aromatic rings. The van der Waals surface area contributed by atoms with E-state index in [9.17, 15) is 9.59 Å². The molecule has 0 saturated heterocycles. The van der Waals surface area contributed by atoms with E-state index in [1.54, 1.807) is 0 Å². The first-order chi connectivity index (χ1) is 10.5. The third-order valence-corrected chi connectivity index (χ3v) is 3.98. The lowest BCUT2D eigenvalue weighted by molar-refractivity contribution is 0.711. The smallest absolute Gasteiger partial charge is 0.307 e. The average molecular weight is 335 g/mol. The Morgan fingerprint density at radius 3 is 2.45 bits per heavy atom. The molecule has 1 heterocycles. The van der Waals surface area contributed by atoms with Crippen LogP contribution in [0.1, 0.15) is 11.1 Å². The predicted molar refractivity (Wildman–Crippen MR) is 89.1 cm³/mol. The second-order valence-electron chi connectivity index (χ2n) is 5.12. The highest BCUT2D eigenvalue weighted by Gasteiger charge is 2.12. The van der Waals surface area contributed by atoms with Gasteiger partial charge in [-0.1, -0.05) is 53.0 Å². The summed E-state index contributed by atoms with van der Waals surface area (Å²) < 4.78 is 1.13. The third-order valence-electron chi connectivity index (χ3n) is 3.46. The van der Waals surface area contributed by atoms with Crippen molar-refractivity contribution < 1.29 is 0 Å².